The van der Waals surface area contributed by atoms with Crippen LogP contribution in [-0.4, -0.2) is 21.4 Å². The summed E-state index contributed by atoms with van der Waals surface area (Å²) in [6.45, 7) is 0.363. The van der Waals surface area contributed by atoms with Crippen LogP contribution in [0.3, 0.4) is 0 Å². The van der Waals surface area contributed by atoms with Crippen LogP contribution in [0.25, 0.3) is 10.9 Å². The average molecular weight is 429 g/mol. The predicted octanol–water partition coefficient (Wildman–Crippen LogP) is 2.40. The number of aryl methyl sites for hydroxylation is 1. The monoisotopic (exact) mass is 428 g/mol. The molecule has 0 aliphatic rings. The van der Waals surface area contributed by atoms with Crippen LogP contribution < -0.4 is 16.4 Å². The molecule has 27 heavy (non-hydrogen) atoms. The molecule has 0 fully saturated rings. The minimum absolute atomic E-state index is 0.136. The number of carbonyl (C=O) groups is 2. The van der Waals surface area contributed by atoms with Gasteiger partial charge in [0, 0.05) is 17.4 Å². The second kappa shape index (κ2) is 8.59. The Labute approximate surface area is 163 Å². The van der Waals surface area contributed by atoms with Gasteiger partial charge >= 0.3 is 0 Å². The van der Waals surface area contributed by atoms with E-state index in [2.05, 4.69) is 31.8 Å². The van der Waals surface area contributed by atoms with Crippen LogP contribution >= 0.6 is 15.9 Å². The lowest BCUT2D eigenvalue weighted by molar-refractivity contribution is -0.122. The molecule has 2 aromatic carbocycles. The van der Waals surface area contributed by atoms with E-state index in [9.17, 15) is 14.4 Å². The van der Waals surface area contributed by atoms with Crippen molar-refractivity contribution in [2.24, 2.45) is 0 Å². The van der Waals surface area contributed by atoms with Gasteiger partial charge in [-0.05, 0) is 46.6 Å². The van der Waals surface area contributed by atoms with E-state index in [0.717, 1.165) is 0 Å². The SMILES string of the molecule is O=C(CCCn1cnc2ccccc2c1=O)NNC(=O)c1ccccc1Br. The summed E-state index contributed by atoms with van der Waals surface area (Å²) in [5.74, 6) is -0.747. The van der Waals surface area contributed by atoms with Gasteiger partial charge < -0.3 is 0 Å². The Hall–Kier alpha value is -3.00. The molecule has 1 aromatic heterocycles. The normalized spacial score (nSPS) is 10.6. The van der Waals surface area contributed by atoms with E-state index in [0.29, 0.717) is 33.9 Å². The van der Waals surface area contributed by atoms with Gasteiger partial charge in [-0.25, -0.2) is 4.98 Å². The van der Waals surface area contributed by atoms with Crippen molar-refractivity contribution in [3.05, 3.63) is 75.2 Å². The Morgan fingerprint density at radius 1 is 1.04 bits per heavy atom. The van der Waals surface area contributed by atoms with Gasteiger partial charge in [-0.1, -0.05) is 24.3 Å². The van der Waals surface area contributed by atoms with Crippen molar-refractivity contribution in [3.63, 3.8) is 0 Å². The van der Waals surface area contributed by atoms with Gasteiger partial charge in [0.05, 0.1) is 22.8 Å². The lowest BCUT2D eigenvalue weighted by Crippen LogP contribution is -2.41. The van der Waals surface area contributed by atoms with Gasteiger partial charge in [-0.2, -0.15) is 0 Å². The summed E-state index contributed by atoms with van der Waals surface area (Å²) >= 11 is 3.28. The Balaban J connectivity index is 1.50. The first-order valence-corrected chi connectivity index (χ1v) is 9.13. The standard InChI is InChI=1S/C19H17BrN4O3/c20-15-8-3-1-6-13(15)18(26)23-22-17(25)10-5-11-24-12-21-16-9-4-2-7-14(16)19(24)27/h1-4,6-9,12H,5,10-11H2,(H,22,25)(H,23,26). The summed E-state index contributed by atoms with van der Waals surface area (Å²) in [6.07, 6.45) is 2.09. The van der Waals surface area contributed by atoms with Crippen LogP contribution in [0.4, 0.5) is 0 Å². The van der Waals surface area contributed by atoms with Crippen molar-refractivity contribution in [2.75, 3.05) is 0 Å². The molecule has 0 bridgehead atoms. The Kier molecular flexibility index (Phi) is 5.97. The second-order valence-electron chi connectivity index (χ2n) is 5.85. The fourth-order valence-electron chi connectivity index (χ4n) is 2.58. The fraction of sp³-hybridized carbons (Fsp3) is 0.158. The van der Waals surface area contributed by atoms with E-state index >= 15 is 0 Å². The van der Waals surface area contributed by atoms with Gasteiger partial charge in [-0.15, -0.1) is 0 Å². The van der Waals surface area contributed by atoms with E-state index in [1.165, 1.54) is 10.9 Å². The van der Waals surface area contributed by atoms with Crippen molar-refractivity contribution in [1.29, 1.82) is 0 Å². The molecule has 8 heteroatoms. The van der Waals surface area contributed by atoms with E-state index in [-0.39, 0.29) is 17.9 Å². The van der Waals surface area contributed by atoms with Crippen LogP contribution in [-0.2, 0) is 11.3 Å². The largest absolute Gasteiger partial charge is 0.299 e. The Bertz CT molecular complexity index is 1050. The van der Waals surface area contributed by atoms with Gasteiger partial charge in [0.15, 0.2) is 0 Å². The number of hydrogen-bond donors (Lipinski definition) is 2. The molecule has 0 aliphatic heterocycles. The zero-order chi connectivity index (χ0) is 19.2. The van der Waals surface area contributed by atoms with Gasteiger partial charge in [0.1, 0.15) is 0 Å². The summed E-state index contributed by atoms with van der Waals surface area (Å²) in [4.78, 5) is 40.5. The van der Waals surface area contributed by atoms with Gasteiger partial charge in [0.25, 0.3) is 11.5 Å². The molecular formula is C19H17BrN4O3. The number of benzene rings is 2. The maximum Gasteiger partial charge on any atom is 0.270 e. The van der Waals surface area contributed by atoms with Gasteiger partial charge in [-0.3, -0.25) is 29.8 Å². The zero-order valence-corrected chi connectivity index (χ0v) is 15.9. The molecule has 7 nitrogen and oxygen atoms in total. The number of hydrogen-bond acceptors (Lipinski definition) is 4. The van der Waals surface area contributed by atoms with Crippen LogP contribution in [0.2, 0.25) is 0 Å². The quantitative estimate of drug-likeness (QED) is 0.610. The van der Waals surface area contributed by atoms with E-state index in [4.69, 9.17) is 0 Å². The summed E-state index contributed by atoms with van der Waals surface area (Å²) in [5.41, 5.74) is 5.68. The maximum absolute atomic E-state index is 12.4. The number of halogens is 1. The van der Waals surface area contributed by atoms with Crippen molar-refractivity contribution in [2.45, 2.75) is 19.4 Å². The third-order valence-corrected chi connectivity index (χ3v) is 4.66. The van der Waals surface area contributed by atoms with Crippen molar-refractivity contribution in [3.8, 4) is 0 Å². The number of fused-ring (bicyclic) bond motifs is 1. The molecule has 0 saturated carbocycles. The highest BCUT2D eigenvalue weighted by Gasteiger charge is 2.10. The summed E-state index contributed by atoms with van der Waals surface area (Å²) in [6, 6.07) is 14.0. The van der Waals surface area contributed by atoms with E-state index in [1.807, 2.05) is 6.07 Å². The number of amides is 2. The third kappa shape index (κ3) is 4.59. The molecule has 0 atom stereocenters. The zero-order valence-electron chi connectivity index (χ0n) is 14.3. The number of carbonyl (C=O) groups excluding carboxylic acids is 2. The summed E-state index contributed by atoms with van der Waals surface area (Å²) in [5, 5.41) is 0.546. The first-order chi connectivity index (χ1) is 13.1. The predicted molar refractivity (Wildman–Crippen MR) is 105 cm³/mol. The molecule has 2 N–H and O–H groups in total. The molecule has 1 heterocycles. The molecule has 3 aromatic rings. The van der Waals surface area contributed by atoms with E-state index in [1.54, 1.807) is 42.5 Å². The fourth-order valence-corrected chi connectivity index (χ4v) is 3.04. The summed E-state index contributed by atoms with van der Waals surface area (Å²) < 4.78 is 2.12. The van der Waals surface area contributed by atoms with Crippen molar-refractivity contribution < 1.29 is 9.59 Å². The topological polar surface area (TPSA) is 93.1 Å². The number of para-hydroxylation sites is 1. The molecule has 2 amide bonds. The van der Waals surface area contributed by atoms with Crippen LogP contribution in [0.5, 0.6) is 0 Å². The first kappa shape index (κ1) is 18.8. The third-order valence-electron chi connectivity index (χ3n) is 3.97. The molecule has 0 spiro atoms. The Morgan fingerprint density at radius 2 is 1.78 bits per heavy atom. The molecule has 3 rings (SSSR count). The number of nitrogens with one attached hydrogen (secondary N) is 2. The molecule has 0 unspecified atom stereocenters. The van der Waals surface area contributed by atoms with E-state index < -0.39 is 5.91 Å². The minimum atomic E-state index is -0.411. The molecular weight excluding hydrogens is 412 g/mol. The number of aromatic nitrogens is 2. The van der Waals surface area contributed by atoms with Crippen LogP contribution in [0.15, 0.2) is 64.1 Å². The molecule has 138 valence electrons. The van der Waals surface area contributed by atoms with Crippen LogP contribution in [0.1, 0.15) is 23.2 Å². The number of hydrazine groups is 1. The smallest absolute Gasteiger partial charge is 0.270 e. The average Bonchev–Trinajstić information content (AvgIpc) is 2.68. The highest BCUT2D eigenvalue weighted by molar-refractivity contribution is 9.10. The maximum atomic E-state index is 12.4. The molecule has 0 aliphatic carbocycles. The lowest BCUT2D eigenvalue weighted by Gasteiger charge is -2.09. The van der Waals surface area contributed by atoms with Crippen molar-refractivity contribution >= 4 is 38.6 Å². The van der Waals surface area contributed by atoms with Gasteiger partial charge in [0.2, 0.25) is 5.91 Å². The highest BCUT2D eigenvalue weighted by Crippen LogP contribution is 2.15. The minimum Gasteiger partial charge on any atom is -0.299 e. The van der Waals surface area contributed by atoms with Crippen LogP contribution in [0, 0.1) is 0 Å². The lowest BCUT2D eigenvalue weighted by atomic mass is 10.2. The Morgan fingerprint density at radius 3 is 2.59 bits per heavy atom. The molecule has 0 radical (unpaired) electrons. The second-order valence-corrected chi connectivity index (χ2v) is 6.70. The number of rotatable bonds is 5. The van der Waals surface area contributed by atoms with Crippen molar-refractivity contribution in [1.82, 2.24) is 20.4 Å². The highest BCUT2D eigenvalue weighted by atomic mass is 79.9. The molecule has 0 saturated heterocycles. The first-order valence-electron chi connectivity index (χ1n) is 8.34. The summed E-state index contributed by atoms with van der Waals surface area (Å²) in [7, 11) is 0. The number of nitrogens with zero attached hydrogens (tertiary/aromatic N) is 2.